The lowest BCUT2D eigenvalue weighted by atomic mass is 9.96. The first-order valence-electron chi connectivity index (χ1n) is 6.22. The topological polar surface area (TPSA) is 130 Å². The Morgan fingerprint density at radius 3 is 2.75 bits per heavy atom. The quantitative estimate of drug-likeness (QED) is 0.388. The molecule has 9 heteroatoms. The molecule has 9 nitrogen and oxygen atoms in total. The van der Waals surface area contributed by atoms with Gasteiger partial charge in [0.15, 0.2) is 0 Å². The Morgan fingerprint density at radius 1 is 1.50 bits per heavy atom. The van der Waals surface area contributed by atoms with Gasteiger partial charge >= 0.3 is 0 Å². The Hall–Kier alpha value is -2.47. The third-order valence-electron chi connectivity index (χ3n) is 3.29. The molecule has 0 aromatic carbocycles. The van der Waals surface area contributed by atoms with Gasteiger partial charge in [-0.25, -0.2) is 15.5 Å². The maximum atomic E-state index is 12.0. The lowest BCUT2D eigenvalue weighted by molar-refractivity contribution is -0.136. The van der Waals surface area contributed by atoms with Crippen molar-refractivity contribution >= 4 is 11.8 Å². The summed E-state index contributed by atoms with van der Waals surface area (Å²) < 4.78 is 1.33. The maximum Gasteiger partial charge on any atom is 0.252 e. The number of aromatic nitrogens is 3. The van der Waals surface area contributed by atoms with E-state index in [-0.39, 0.29) is 30.1 Å². The van der Waals surface area contributed by atoms with Crippen molar-refractivity contribution in [1.29, 1.82) is 5.26 Å². The third-order valence-corrected chi connectivity index (χ3v) is 3.29. The SMILES string of the molecule is N#Cc1ncn(CC(=O)N2CCC(C(=O)NN)CC2)n1. The highest BCUT2D eigenvalue weighted by atomic mass is 16.2. The van der Waals surface area contributed by atoms with Crippen LogP contribution in [0.2, 0.25) is 0 Å². The predicted molar refractivity (Wildman–Crippen MR) is 66.4 cm³/mol. The Labute approximate surface area is 115 Å². The zero-order valence-electron chi connectivity index (χ0n) is 10.8. The normalized spacial score (nSPS) is 15.7. The van der Waals surface area contributed by atoms with E-state index in [0.29, 0.717) is 25.9 Å². The molecule has 0 spiro atoms. The van der Waals surface area contributed by atoms with E-state index in [4.69, 9.17) is 11.1 Å². The van der Waals surface area contributed by atoms with Gasteiger partial charge in [0.25, 0.3) is 5.82 Å². The van der Waals surface area contributed by atoms with E-state index in [1.54, 1.807) is 11.0 Å². The molecule has 1 aliphatic rings. The van der Waals surface area contributed by atoms with Gasteiger partial charge in [0.2, 0.25) is 11.8 Å². The van der Waals surface area contributed by atoms with Gasteiger partial charge in [0.1, 0.15) is 18.9 Å². The van der Waals surface area contributed by atoms with Crippen molar-refractivity contribution in [2.75, 3.05) is 13.1 Å². The molecule has 1 aromatic rings. The van der Waals surface area contributed by atoms with Crippen LogP contribution in [0.3, 0.4) is 0 Å². The molecule has 2 rings (SSSR count). The molecule has 0 aliphatic carbocycles. The average Bonchev–Trinajstić information content (AvgIpc) is 2.94. The highest BCUT2D eigenvalue weighted by Crippen LogP contribution is 2.17. The van der Waals surface area contributed by atoms with Crippen LogP contribution in [0.5, 0.6) is 0 Å². The fraction of sp³-hybridized carbons (Fsp3) is 0.545. The number of hydrogen-bond donors (Lipinski definition) is 2. The van der Waals surface area contributed by atoms with Crippen molar-refractivity contribution in [3.05, 3.63) is 12.2 Å². The number of carbonyl (C=O) groups is 2. The zero-order valence-corrected chi connectivity index (χ0v) is 10.8. The van der Waals surface area contributed by atoms with E-state index in [2.05, 4.69) is 15.5 Å². The fourth-order valence-electron chi connectivity index (χ4n) is 2.17. The minimum atomic E-state index is -0.188. The van der Waals surface area contributed by atoms with E-state index < -0.39 is 0 Å². The monoisotopic (exact) mass is 277 g/mol. The molecule has 1 aliphatic heterocycles. The summed E-state index contributed by atoms with van der Waals surface area (Å²) in [6.45, 7) is 1.07. The fourth-order valence-corrected chi connectivity index (χ4v) is 2.17. The van der Waals surface area contributed by atoms with Crippen LogP contribution in [0.1, 0.15) is 18.7 Å². The van der Waals surface area contributed by atoms with Crippen LogP contribution in [0, 0.1) is 17.2 Å². The number of hydrogen-bond acceptors (Lipinski definition) is 6. The molecule has 2 heterocycles. The number of rotatable bonds is 3. The van der Waals surface area contributed by atoms with Gasteiger partial charge in [-0.15, -0.1) is 5.10 Å². The summed E-state index contributed by atoms with van der Waals surface area (Å²) in [6, 6.07) is 1.80. The first kappa shape index (κ1) is 14.0. The Kier molecular flexibility index (Phi) is 4.27. The van der Waals surface area contributed by atoms with Crippen molar-refractivity contribution in [3.63, 3.8) is 0 Å². The Morgan fingerprint density at radius 2 is 2.20 bits per heavy atom. The molecule has 106 valence electrons. The molecule has 20 heavy (non-hydrogen) atoms. The first-order valence-corrected chi connectivity index (χ1v) is 6.22. The molecule has 0 atom stereocenters. The predicted octanol–water partition coefficient (Wildman–Crippen LogP) is -1.62. The molecular weight excluding hydrogens is 262 g/mol. The second-order valence-electron chi connectivity index (χ2n) is 4.54. The standard InChI is InChI=1S/C11H15N7O2/c12-5-9-14-7-18(16-9)6-10(19)17-3-1-8(2-4-17)11(20)15-13/h7-8H,1-4,6,13H2,(H,15,20). The smallest absolute Gasteiger partial charge is 0.252 e. The van der Waals surface area contributed by atoms with Crippen molar-refractivity contribution < 1.29 is 9.59 Å². The minimum absolute atomic E-state index is 0.0381. The Balaban J connectivity index is 1.86. The van der Waals surface area contributed by atoms with Crippen molar-refractivity contribution in [2.45, 2.75) is 19.4 Å². The van der Waals surface area contributed by atoms with Crippen molar-refractivity contribution in [2.24, 2.45) is 11.8 Å². The lowest BCUT2D eigenvalue weighted by Gasteiger charge is -2.30. The molecular formula is C11H15N7O2. The molecule has 2 amide bonds. The van der Waals surface area contributed by atoms with Crippen LogP contribution in [-0.4, -0.2) is 44.6 Å². The molecule has 1 saturated heterocycles. The molecule has 1 fully saturated rings. The maximum absolute atomic E-state index is 12.0. The van der Waals surface area contributed by atoms with Crippen LogP contribution in [0.25, 0.3) is 0 Å². The van der Waals surface area contributed by atoms with Gasteiger partial charge in [-0.05, 0) is 12.8 Å². The molecule has 0 unspecified atom stereocenters. The van der Waals surface area contributed by atoms with Crippen LogP contribution in [-0.2, 0) is 16.1 Å². The molecule has 1 aromatic heterocycles. The second-order valence-corrected chi connectivity index (χ2v) is 4.54. The number of amides is 2. The molecule has 0 saturated carbocycles. The van der Waals surface area contributed by atoms with E-state index in [9.17, 15) is 9.59 Å². The summed E-state index contributed by atoms with van der Waals surface area (Å²) in [4.78, 5) is 28.8. The van der Waals surface area contributed by atoms with Gasteiger partial charge in [-0.2, -0.15) is 5.26 Å². The lowest BCUT2D eigenvalue weighted by Crippen LogP contribution is -2.45. The summed E-state index contributed by atoms with van der Waals surface area (Å²) in [6.07, 6.45) is 2.54. The second kappa shape index (κ2) is 6.12. The van der Waals surface area contributed by atoms with Crippen LogP contribution >= 0.6 is 0 Å². The molecule has 3 N–H and O–H groups in total. The Bertz CT molecular complexity index is 539. The van der Waals surface area contributed by atoms with Gasteiger partial charge in [0, 0.05) is 19.0 Å². The summed E-state index contributed by atoms with van der Waals surface area (Å²) in [5.74, 6) is 4.70. The van der Waals surface area contributed by atoms with Crippen molar-refractivity contribution in [3.8, 4) is 6.07 Å². The largest absolute Gasteiger partial charge is 0.341 e. The number of nitrogens with one attached hydrogen (secondary N) is 1. The number of nitrogens with two attached hydrogens (primary N) is 1. The first-order chi connectivity index (χ1) is 9.63. The van der Waals surface area contributed by atoms with Crippen LogP contribution < -0.4 is 11.3 Å². The number of piperidine rings is 1. The number of hydrazine groups is 1. The van der Waals surface area contributed by atoms with Gasteiger partial charge in [-0.1, -0.05) is 0 Å². The number of likely N-dealkylation sites (tertiary alicyclic amines) is 1. The van der Waals surface area contributed by atoms with Gasteiger partial charge < -0.3 is 4.90 Å². The highest BCUT2D eigenvalue weighted by molar-refractivity contribution is 5.79. The summed E-state index contributed by atoms with van der Waals surface area (Å²) >= 11 is 0. The summed E-state index contributed by atoms with van der Waals surface area (Å²) in [5.41, 5.74) is 2.13. The van der Waals surface area contributed by atoms with Gasteiger partial charge in [0.05, 0.1) is 0 Å². The van der Waals surface area contributed by atoms with Crippen LogP contribution in [0.4, 0.5) is 0 Å². The summed E-state index contributed by atoms with van der Waals surface area (Å²) in [7, 11) is 0. The molecule has 0 bridgehead atoms. The number of nitriles is 1. The number of nitrogens with zero attached hydrogens (tertiary/aromatic N) is 5. The number of carbonyl (C=O) groups excluding carboxylic acids is 2. The van der Waals surface area contributed by atoms with E-state index >= 15 is 0 Å². The van der Waals surface area contributed by atoms with Crippen molar-refractivity contribution in [1.82, 2.24) is 25.1 Å². The zero-order chi connectivity index (χ0) is 14.5. The summed E-state index contributed by atoms with van der Waals surface area (Å²) in [5, 5.41) is 12.4. The third kappa shape index (κ3) is 3.10. The van der Waals surface area contributed by atoms with E-state index in [0.717, 1.165) is 0 Å². The van der Waals surface area contributed by atoms with Crippen LogP contribution in [0.15, 0.2) is 6.33 Å². The average molecular weight is 277 g/mol. The minimum Gasteiger partial charge on any atom is -0.341 e. The highest BCUT2D eigenvalue weighted by Gasteiger charge is 2.26. The van der Waals surface area contributed by atoms with Gasteiger partial charge in [-0.3, -0.25) is 15.0 Å². The van der Waals surface area contributed by atoms with E-state index in [1.807, 2.05) is 0 Å². The molecule has 0 radical (unpaired) electrons. The van der Waals surface area contributed by atoms with E-state index in [1.165, 1.54) is 11.0 Å².